The summed E-state index contributed by atoms with van der Waals surface area (Å²) in [5.74, 6) is 0.449. The van der Waals surface area contributed by atoms with E-state index in [0.717, 1.165) is 5.56 Å². The van der Waals surface area contributed by atoms with Gasteiger partial charge in [0.2, 0.25) is 0 Å². The lowest BCUT2D eigenvalue weighted by Gasteiger charge is -2.34. The molecule has 0 radical (unpaired) electrons. The van der Waals surface area contributed by atoms with Crippen LogP contribution in [-0.2, 0) is 23.6 Å². The van der Waals surface area contributed by atoms with Crippen molar-refractivity contribution in [2.24, 2.45) is 7.05 Å². The number of aromatic nitrogens is 3. The number of benzene rings is 1. The van der Waals surface area contributed by atoms with Crippen LogP contribution in [0.4, 0.5) is 0 Å². The SMILES string of the molecule is Cn1nc2n(c1=O)CCN(S(=O)(=O)c1cccs1)C2c1ccccc1. The highest BCUT2D eigenvalue weighted by atomic mass is 32.2. The van der Waals surface area contributed by atoms with Gasteiger partial charge in [0.25, 0.3) is 10.0 Å². The molecule has 1 aliphatic heterocycles. The van der Waals surface area contributed by atoms with Gasteiger partial charge in [-0.05, 0) is 17.0 Å². The molecular formula is C16H16N4O3S2. The Morgan fingerprint density at radius 3 is 2.56 bits per heavy atom. The molecule has 130 valence electrons. The molecule has 0 aliphatic carbocycles. The van der Waals surface area contributed by atoms with Gasteiger partial charge in [0.1, 0.15) is 10.3 Å². The Bertz CT molecular complexity index is 1050. The standard InChI is InChI=1S/C16H16N4O3S2/c1-18-16(21)19-9-10-20(25(22,23)13-8-5-11-24-13)14(15(19)17-18)12-6-3-2-4-7-12/h2-8,11,14H,9-10H2,1H3. The minimum absolute atomic E-state index is 0.221. The van der Waals surface area contributed by atoms with Crippen molar-refractivity contribution in [3.8, 4) is 0 Å². The van der Waals surface area contributed by atoms with Crippen molar-refractivity contribution in [2.45, 2.75) is 16.8 Å². The van der Waals surface area contributed by atoms with E-state index in [2.05, 4.69) is 5.10 Å². The maximum absolute atomic E-state index is 13.1. The number of rotatable bonds is 3. The van der Waals surface area contributed by atoms with Crippen LogP contribution in [0.1, 0.15) is 17.4 Å². The van der Waals surface area contributed by atoms with Gasteiger partial charge in [-0.15, -0.1) is 11.3 Å². The quantitative estimate of drug-likeness (QED) is 0.693. The molecule has 25 heavy (non-hydrogen) atoms. The third-order valence-corrected chi connectivity index (χ3v) is 7.52. The molecule has 3 aromatic rings. The molecule has 0 fully saturated rings. The number of aryl methyl sites for hydroxylation is 1. The topological polar surface area (TPSA) is 77.2 Å². The summed E-state index contributed by atoms with van der Waals surface area (Å²) in [6.45, 7) is 0.508. The molecular weight excluding hydrogens is 360 g/mol. The molecule has 1 aliphatic rings. The molecule has 7 nitrogen and oxygen atoms in total. The number of thiophene rings is 1. The zero-order valence-corrected chi connectivity index (χ0v) is 15.1. The van der Waals surface area contributed by atoms with Crippen LogP contribution in [0.2, 0.25) is 0 Å². The molecule has 9 heteroatoms. The third-order valence-electron chi connectivity index (χ3n) is 4.29. The average Bonchev–Trinajstić information content (AvgIpc) is 3.25. The minimum Gasteiger partial charge on any atom is -0.276 e. The summed E-state index contributed by atoms with van der Waals surface area (Å²) in [6.07, 6.45) is 0. The highest BCUT2D eigenvalue weighted by molar-refractivity contribution is 7.91. The van der Waals surface area contributed by atoms with E-state index >= 15 is 0 Å². The van der Waals surface area contributed by atoms with E-state index in [1.165, 1.54) is 20.3 Å². The predicted molar refractivity (Wildman–Crippen MR) is 94.0 cm³/mol. The molecule has 0 bridgehead atoms. The molecule has 1 unspecified atom stereocenters. The number of nitrogens with zero attached hydrogens (tertiary/aromatic N) is 4. The minimum atomic E-state index is -3.68. The first-order chi connectivity index (χ1) is 12.0. The molecule has 0 N–H and O–H groups in total. The number of fused-ring (bicyclic) bond motifs is 1. The van der Waals surface area contributed by atoms with Gasteiger partial charge in [0.05, 0.1) is 0 Å². The summed E-state index contributed by atoms with van der Waals surface area (Å²) in [6, 6.07) is 12.0. The largest absolute Gasteiger partial charge is 0.345 e. The molecule has 1 atom stereocenters. The van der Waals surface area contributed by atoms with Crippen LogP contribution >= 0.6 is 11.3 Å². The van der Waals surface area contributed by atoms with E-state index in [9.17, 15) is 13.2 Å². The average molecular weight is 376 g/mol. The summed E-state index contributed by atoms with van der Waals surface area (Å²) < 4.78 is 30.8. The smallest absolute Gasteiger partial charge is 0.276 e. The fraction of sp³-hybridized carbons (Fsp3) is 0.250. The van der Waals surface area contributed by atoms with Gasteiger partial charge in [0.15, 0.2) is 5.82 Å². The lowest BCUT2D eigenvalue weighted by atomic mass is 10.1. The predicted octanol–water partition coefficient (Wildman–Crippen LogP) is 1.44. The normalized spacial score (nSPS) is 18.2. The first-order valence-electron chi connectivity index (χ1n) is 7.74. The Labute approximate surface area is 148 Å². The van der Waals surface area contributed by atoms with Gasteiger partial charge in [-0.2, -0.15) is 9.40 Å². The van der Waals surface area contributed by atoms with E-state index < -0.39 is 16.1 Å². The van der Waals surface area contributed by atoms with Gasteiger partial charge < -0.3 is 0 Å². The van der Waals surface area contributed by atoms with E-state index in [-0.39, 0.29) is 18.8 Å². The van der Waals surface area contributed by atoms with Crippen molar-refractivity contribution < 1.29 is 8.42 Å². The zero-order chi connectivity index (χ0) is 17.6. The molecule has 4 rings (SSSR count). The lowest BCUT2D eigenvalue weighted by Crippen LogP contribution is -2.44. The van der Waals surface area contributed by atoms with Crippen molar-refractivity contribution in [1.82, 2.24) is 18.7 Å². The summed E-state index contributed by atoms with van der Waals surface area (Å²) >= 11 is 1.19. The van der Waals surface area contributed by atoms with Crippen LogP contribution in [-0.4, -0.2) is 33.6 Å². The van der Waals surface area contributed by atoms with Gasteiger partial charge in [-0.3, -0.25) is 4.57 Å². The van der Waals surface area contributed by atoms with Crippen LogP contribution in [0.25, 0.3) is 0 Å². The summed E-state index contributed by atoms with van der Waals surface area (Å²) in [5.41, 5.74) is 0.554. The first-order valence-corrected chi connectivity index (χ1v) is 10.1. The van der Waals surface area contributed by atoms with Crippen molar-refractivity contribution in [3.63, 3.8) is 0 Å². The maximum atomic E-state index is 13.1. The molecule has 0 saturated carbocycles. The van der Waals surface area contributed by atoms with E-state index in [1.54, 1.807) is 29.1 Å². The molecule has 2 aromatic heterocycles. The highest BCUT2D eigenvalue weighted by Crippen LogP contribution is 2.35. The van der Waals surface area contributed by atoms with E-state index in [0.29, 0.717) is 10.0 Å². The number of sulfonamides is 1. The van der Waals surface area contributed by atoms with Crippen LogP contribution in [0.15, 0.2) is 56.8 Å². The Balaban J connectivity index is 1.92. The fourth-order valence-corrected chi connectivity index (χ4v) is 5.81. The van der Waals surface area contributed by atoms with Crippen molar-refractivity contribution >= 4 is 21.4 Å². The molecule has 3 heterocycles. The highest BCUT2D eigenvalue weighted by Gasteiger charge is 2.40. The Kier molecular flexibility index (Phi) is 3.86. The Hall–Kier alpha value is -2.23. The maximum Gasteiger partial charge on any atom is 0.345 e. The van der Waals surface area contributed by atoms with Crippen LogP contribution < -0.4 is 5.69 Å². The summed E-state index contributed by atoms with van der Waals surface area (Å²) in [7, 11) is -2.10. The second-order valence-corrected chi connectivity index (χ2v) is 8.84. The van der Waals surface area contributed by atoms with Crippen LogP contribution in [0.3, 0.4) is 0 Å². The summed E-state index contributed by atoms with van der Waals surface area (Å²) in [4.78, 5) is 12.3. The van der Waals surface area contributed by atoms with Crippen molar-refractivity contribution in [1.29, 1.82) is 0 Å². The third kappa shape index (κ3) is 2.55. The number of hydrogen-bond donors (Lipinski definition) is 0. The number of hydrogen-bond acceptors (Lipinski definition) is 5. The Morgan fingerprint density at radius 1 is 1.12 bits per heavy atom. The lowest BCUT2D eigenvalue weighted by molar-refractivity contribution is 0.290. The van der Waals surface area contributed by atoms with Crippen LogP contribution in [0.5, 0.6) is 0 Å². The molecule has 0 spiro atoms. The zero-order valence-electron chi connectivity index (χ0n) is 13.4. The first kappa shape index (κ1) is 16.2. The second kappa shape index (κ2) is 5.94. The van der Waals surface area contributed by atoms with Gasteiger partial charge in [-0.1, -0.05) is 36.4 Å². The second-order valence-electron chi connectivity index (χ2n) is 5.78. The van der Waals surface area contributed by atoms with Crippen molar-refractivity contribution in [2.75, 3.05) is 6.54 Å². The molecule has 0 amide bonds. The van der Waals surface area contributed by atoms with E-state index in [1.807, 2.05) is 30.3 Å². The van der Waals surface area contributed by atoms with Crippen molar-refractivity contribution in [3.05, 3.63) is 69.7 Å². The van der Waals surface area contributed by atoms with Gasteiger partial charge in [-0.25, -0.2) is 17.9 Å². The van der Waals surface area contributed by atoms with Crippen LogP contribution in [0, 0.1) is 0 Å². The Morgan fingerprint density at radius 2 is 1.88 bits per heavy atom. The molecule has 0 saturated heterocycles. The van der Waals surface area contributed by atoms with Gasteiger partial charge >= 0.3 is 5.69 Å². The fourth-order valence-electron chi connectivity index (χ4n) is 3.13. The summed E-state index contributed by atoms with van der Waals surface area (Å²) in [5, 5.41) is 6.06. The molecule has 1 aromatic carbocycles. The monoisotopic (exact) mass is 376 g/mol. The van der Waals surface area contributed by atoms with E-state index in [4.69, 9.17) is 0 Å². The van der Waals surface area contributed by atoms with Gasteiger partial charge in [0, 0.05) is 20.1 Å².